The molecule has 0 saturated carbocycles. The molecule has 0 aliphatic rings. The molecule has 8 heteroatoms. The van der Waals surface area contributed by atoms with Crippen LogP contribution in [-0.2, 0) is 13.1 Å². The smallest absolute Gasteiger partial charge is 0.152 e. The molecule has 0 aliphatic heterocycles. The second-order valence-corrected chi connectivity index (χ2v) is 6.74. The van der Waals surface area contributed by atoms with Gasteiger partial charge >= 0.3 is 0 Å². The van der Waals surface area contributed by atoms with E-state index in [0.717, 1.165) is 44.6 Å². The summed E-state index contributed by atoms with van der Waals surface area (Å²) < 4.78 is 2.00. The SMILES string of the molecule is CCn1cnnc1CNc1ncnc2scc(-c3ccc(Cl)cc3)c12. The normalized spacial score (nSPS) is 11.1. The van der Waals surface area contributed by atoms with Crippen molar-refractivity contribution in [2.75, 3.05) is 5.32 Å². The first kappa shape index (κ1) is 16.0. The van der Waals surface area contributed by atoms with Gasteiger partial charge in [0, 0.05) is 22.5 Å². The van der Waals surface area contributed by atoms with Gasteiger partial charge in [-0.05, 0) is 24.6 Å². The number of hydrogen-bond donors (Lipinski definition) is 1. The van der Waals surface area contributed by atoms with E-state index in [1.165, 1.54) is 0 Å². The van der Waals surface area contributed by atoms with Gasteiger partial charge in [-0.3, -0.25) is 0 Å². The average molecular weight is 371 g/mol. The van der Waals surface area contributed by atoms with Gasteiger partial charge in [-0.2, -0.15) is 0 Å². The van der Waals surface area contributed by atoms with Crippen molar-refractivity contribution in [2.24, 2.45) is 0 Å². The lowest BCUT2D eigenvalue weighted by atomic mass is 10.1. The lowest BCUT2D eigenvalue weighted by molar-refractivity contribution is 0.707. The molecule has 0 spiro atoms. The summed E-state index contributed by atoms with van der Waals surface area (Å²) in [6.45, 7) is 3.45. The van der Waals surface area contributed by atoms with Gasteiger partial charge in [0.05, 0.1) is 11.9 Å². The number of hydrogen-bond acceptors (Lipinski definition) is 6. The Morgan fingerprint density at radius 2 is 2.04 bits per heavy atom. The van der Waals surface area contributed by atoms with Crippen LogP contribution in [0.2, 0.25) is 5.02 Å². The predicted molar refractivity (Wildman–Crippen MR) is 101 cm³/mol. The van der Waals surface area contributed by atoms with Gasteiger partial charge in [-0.25, -0.2) is 9.97 Å². The zero-order valence-corrected chi connectivity index (χ0v) is 15.1. The number of nitrogens with one attached hydrogen (secondary N) is 1. The molecule has 3 aromatic heterocycles. The first-order valence-corrected chi connectivity index (χ1v) is 9.10. The van der Waals surface area contributed by atoms with Crippen LogP contribution in [0, 0.1) is 0 Å². The van der Waals surface area contributed by atoms with E-state index in [4.69, 9.17) is 11.6 Å². The van der Waals surface area contributed by atoms with E-state index >= 15 is 0 Å². The van der Waals surface area contributed by atoms with Crippen LogP contribution < -0.4 is 5.32 Å². The standard InChI is InChI=1S/C17H15ClN6S/c1-2-24-10-22-23-14(24)7-19-16-15-13(8-25-17(15)21-9-20-16)11-3-5-12(18)6-4-11/h3-6,8-10H,2,7H2,1H3,(H,19,20,21). The summed E-state index contributed by atoms with van der Waals surface area (Å²) in [7, 11) is 0. The molecule has 0 amide bonds. The van der Waals surface area contributed by atoms with Gasteiger partial charge in [0.25, 0.3) is 0 Å². The Bertz CT molecular complexity index is 1010. The molecule has 0 fully saturated rings. The summed E-state index contributed by atoms with van der Waals surface area (Å²) in [6, 6.07) is 7.80. The second kappa shape index (κ2) is 6.78. The topological polar surface area (TPSA) is 68.5 Å². The van der Waals surface area contributed by atoms with Crippen molar-refractivity contribution in [1.82, 2.24) is 24.7 Å². The van der Waals surface area contributed by atoms with E-state index in [1.807, 2.05) is 28.8 Å². The van der Waals surface area contributed by atoms with Crippen molar-refractivity contribution < 1.29 is 0 Å². The Hall–Kier alpha value is -2.51. The molecular formula is C17H15ClN6S. The highest BCUT2D eigenvalue weighted by molar-refractivity contribution is 7.17. The number of fused-ring (bicyclic) bond motifs is 1. The van der Waals surface area contributed by atoms with Crippen LogP contribution in [0.15, 0.2) is 42.3 Å². The molecule has 0 atom stereocenters. The Balaban J connectivity index is 1.71. The zero-order chi connectivity index (χ0) is 17.2. The van der Waals surface area contributed by atoms with Gasteiger partial charge in [0.15, 0.2) is 5.82 Å². The van der Waals surface area contributed by atoms with Crippen molar-refractivity contribution in [3.8, 4) is 11.1 Å². The van der Waals surface area contributed by atoms with Crippen molar-refractivity contribution in [1.29, 1.82) is 0 Å². The van der Waals surface area contributed by atoms with Gasteiger partial charge in [0.1, 0.15) is 23.3 Å². The first-order chi connectivity index (χ1) is 12.3. The van der Waals surface area contributed by atoms with Gasteiger partial charge in [-0.15, -0.1) is 21.5 Å². The summed E-state index contributed by atoms with van der Waals surface area (Å²) in [6.07, 6.45) is 3.31. The molecule has 25 heavy (non-hydrogen) atoms. The molecule has 6 nitrogen and oxygen atoms in total. The Morgan fingerprint density at radius 1 is 1.20 bits per heavy atom. The summed E-state index contributed by atoms with van der Waals surface area (Å²) in [5.41, 5.74) is 2.18. The molecule has 3 heterocycles. The first-order valence-electron chi connectivity index (χ1n) is 7.85. The van der Waals surface area contributed by atoms with Crippen LogP contribution in [0.1, 0.15) is 12.7 Å². The summed E-state index contributed by atoms with van der Waals surface area (Å²) in [4.78, 5) is 9.78. The molecule has 126 valence electrons. The number of halogens is 1. The average Bonchev–Trinajstić information content (AvgIpc) is 3.27. The fraction of sp³-hybridized carbons (Fsp3) is 0.176. The summed E-state index contributed by atoms with van der Waals surface area (Å²) in [5, 5.41) is 15.3. The van der Waals surface area contributed by atoms with Crippen LogP contribution in [0.5, 0.6) is 0 Å². The predicted octanol–water partition coefficient (Wildman–Crippen LogP) is 4.24. The van der Waals surface area contributed by atoms with Gasteiger partial charge < -0.3 is 9.88 Å². The van der Waals surface area contributed by atoms with E-state index < -0.39 is 0 Å². The summed E-state index contributed by atoms with van der Waals surface area (Å²) >= 11 is 7.61. The second-order valence-electron chi connectivity index (χ2n) is 5.45. The highest BCUT2D eigenvalue weighted by Gasteiger charge is 2.13. The van der Waals surface area contributed by atoms with Crippen molar-refractivity contribution in [3.63, 3.8) is 0 Å². The number of nitrogens with zero attached hydrogens (tertiary/aromatic N) is 5. The maximum atomic E-state index is 6.01. The van der Waals surface area contributed by atoms with Crippen LogP contribution in [0.3, 0.4) is 0 Å². The molecular weight excluding hydrogens is 356 g/mol. The maximum Gasteiger partial charge on any atom is 0.152 e. The molecule has 4 rings (SSSR count). The number of benzene rings is 1. The number of aromatic nitrogens is 5. The number of rotatable bonds is 5. The zero-order valence-electron chi connectivity index (χ0n) is 13.5. The van der Waals surface area contributed by atoms with Crippen molar-refractivity contribution in [2.45, 2.75) is 20.0 Å². The Kier molecular flexibility index (Phi) is 4.33. The highest BCUT2D eigenvalue weighted by atomic mass is 35.5. The van der Waals surface area contributed by atoms with Crippen molar-refractivity contribution in [3.05, 3.63) is 53.1 Å². The van der Waals surface area contributed by atoms with Crippen LogP contribution in [0.25, 0.3) is 21.3 Å². The van der Waals surface area contributed by atoms with E-state index in [2.05, 4.69) is 37.8 Å². The monoisotopic (exact) mass is 370 g/mol. The molecule has 0 radical (unpaired) electrons. The maximum absolute atomic E-state index is 6.01. The fourth-order valence-corrected chi connectivity index (χ4v) is 3.74. The lowest BCUT2D eigenvalue weighted by Gasteiger charge is -2.09. The quantitative estimate of drug-likeness (QED) is 0.569. The largest absolute Gasteiger partial charge is 0.362 e. The Labute approximate surface area is 153 Å². The lowest BCUT2D eigenvalue weighted by Crippen LogP contribution is -2.08. The van der Waals surface area contributed by atoms with E-state index in [9.17, 15) is 0 Å². The highest BCUT2D eigenvalue weighted by Crippen LogP contribution is 2.36. The number of anilines is 1. The Morgan fingerprint density at radius 3 is 2.84 bits per heavy atom. The third-order valence-electron chi connectivity index (χ3n) is 3.98. The molecule has 0 unspecified atom stereocenters. The third kappa shape index (κ3) is 3.08. The van der Waals surface area contributed by atoms with Crippen molar-refractivity contribution >= 4 is 39.0 Å². The number of thiophene rings is 1. The van der Waals surface area contributed by atoms with Gasteiger partial charge in [0.2, 0.25) is 0 Å². The van der Waals surface area contributed by atoms with Crippen LogP contribution in [0.4, 0.5) is 5.82 Å². The van der Waals surface area contributed by atoms with Gasteiger partial charge in [-0.1, -0.05) is 23.7 Å². The number of aryl methyl sites for hydroxylation is 1. The van der Waals surface area contributed by atoms with E-state index in [-0.39, 0.29) is 0 Å². The third-order valence-corrected chi connectivity index (χ3v) is 5.11. The van der Waals surface area contributed by atoms with Crippen LogP contribution in [-0.4, -0.2) is 24.7 Å². The van der Waals surface area contributed by atoms with E-state index in [1.54, 1.807) is 24.0 Å². The summed E-state index contributed by atoms with van der Waals surface area (Å²) in [5.74, 6) is 1.67. The van der Waals surface area contributed by atoms with E-state index in [0.29, 0.717) is 6.54 Å². The fourth-order valence-electron chi connectivity index (χ4n) is 2.69. The molecule has 0 saturated heterocycles. The molecule has 4 aromatic rings. The minimum atomic E-state index is 0.551. The molecule has 0 aliphatic carbocycles. The molecule has 1 N–H and O–H groups in total. The molecule has 1 aromatic carbocycles. The minimum absolute atomic E-state index is 0.551. The van der Waals surface area contributed by atoms with Crippen LogP contribution >= 0.6 is 22.9 Å². The minimum Gasteiger partial charge on any atom is -0.362 e. The molecule has 0 bridgehead atoms.